The van der Waals surface area contributed by atoms with Crippen molar-refractivity contribution in [3.8, 4) is 0 Å². The average molecular weight is 359 g/mol. The Morgan fingerprint density at radius 1 is 1.35 bits per heavy atom. The van der Waals surface area contributed by atoms with E-state index >= 15 is 0 Å². The van der Waals surface area contributed by atoms with E-state index in [4.69, 9.17) is 16.0 Å². The second kappa shape index (κ2) is 5.22. The van der Waals surface area contributed by atoms with E-state index in [0.29, 0.717) is 34.5 Å². The van der Waals surface area contributed by atoms with Crippen LogP contribution < -0.4 is 5.32 Å². The third-order valence-electron chi connectivity index (χ3n) is 3.23. The molecule has 104 valence electrons. The maximum Gasteiger partial charge on any atom is 0.224 e. The van der Waals surface area contributed by atoms with Crippen LogP contribution in [0.3, 0.4) is 0 Å². The first-order valence-electron chi connectivity index (χ1n) is 6.06. The summed E-state index contributed by atoms with van der Waals surface area (Å²) in [6.45, 7) is 0. The number of nitrogens with one attached hydrogen (secondary N) is 1. The molecule has 0 fully saturated rings. The number of rotatable bonds is 2. The summed E-state index contributed by atoms with van der Waals surface area (Å²) < 4.78 is 20.1. The summed E-state index contributed by atoms with van der Waals surface area (Å²) in [5, 5.41) is 1.95. The van der Waals surface area contributed by atoms with E-state index in [1.807, 2.05) is 0 Å². The van der Waals surface area contributed by atoms with Crippen LogP contribution in [0, 0.1) is 5.82 Å². The molecular formula is C14H10BrClFNO2. The number of furan rings is 1. The fraction of sp³-hybridized carbons (Fsp3) is 0.214. The lowest BCUT2D eigenvalue weighted by atomic mass is 9.98. The van der Waals surface area contributed by atoms with Crippen molar-refractivity contribution < 1.29 is 13.6 Å². The molecule has 0 saturated carbocycles. The summed E-state index contributed by atoms with van der Waals surface area (Å²) in [6.07, 6.45) is 0.983. The van der Waals surface area contributed by atoms with E-state index in [2.05, 4.69) is 21.2 Å². The minimum absolute atomic E-state index is 0.0953. The van der Waals surface area contributed by atoms with Crippen LogP contribution in [0.2, 0.25) is 0 Å². The van der Waals surface area contributed by atoms with Crippen molar-refractivity contribution in [2.24, 2.45) is 0 Å². The molecule has 3 rings (SSSR count). The highest BCUT2D eigenvalue weighted by Gasteiger charge is 2.23. The Balaban J connectivity index is 2.00. The predicted octanol–water partition coefficient (Wildman–Crippen LogP) is 4.39. The molecule has 6 heteroatoms. The third kappa shape index (κ3) is 2.47. The number of halogens is 3. The summed E-state index contributed by atoms with van der Waals surface area (Å²) in [5.74, 6) is -0.0854. The van der Waals surface area contributed by atoms with Crippen molar-refractivity contribution in [3.05, 3.63) is 51.6 Å². The Labute approximate surface area is 128 Å². The van der Waals surface area contributed by atoms with Crippen LogP contribution in [0.25, 0.3) is 0 Å². The molecule has 1 N–H and O–H groups in total. The molecule has 1 aliphatic rings. The fourth-order valence-corrected chi connectivity index (χ4v) is 2.84. The number of carbonyl (C=O) groups excluding carboxylic acids is 1. The number of anilines is 1. The number of hydrogen-bond acceptors (Lipinski definition) is 2. The van der Waals surface area contributed by atoms with Crippen molar-refractivity contribution >= 4 is 39.1 Å². The van der Waals surface area contributed by atoms with Gasteiger partial charge in [0, 0.05) is 17.7 Å². The number of benzene rings is 1. The molecule has 0 bridgehead atoms. The summed E-state index contributed by atoms with van der Waals surface area (Å²) in [5.41, 5.74) is 1.76. The summed E-state index contributed by atoms with van der Waals surface area (Å²) in [7, 11) is 0. The highest BCUT2D eigenvalue weighted by atomic mass is 79.9. The molecule has 3 nitrogen and oxygen atoms in total. The Kier molecular flexibility index (Phi) is 3.56. The normalized spacial score (nSPS) is 15.7. The molecule has 1 atom stereocenters. The first-order chi connectivity index (χ1) is 9.54. The molecule has 0 aliphatic carbocycles. The van der Waals surface area contributed by atoms with Crippen LogP contribution in [0.5, 0.6) is 0 Å². The highest BCUT2D eigenvalue weighted by molar-refractivity contribution is 9.10. The van der Waals surface area contributed by atoms with E-state index in [1.54, 1.807) is 18.2 Å². The molecule has 0 radical (unpaired) electrons. The standard InChI is InChI=1S/C14H10BrClFNO2/c15-12-3-2-11(20-12)14(16)8-5-7-1-4-13(19)18-10(7)6-9(8)17/h2-3,5-6,14H,1,4H2,(H,18,19). The Morgan fingerprint density at radius 3 is 2.85 bits per heavy atom. The van der Waals surface area contributed by atoms with Crippen molar-refractivity contribution in [2.45, 2.75) is 18.2 Å². The van der Waals surface area contributed by atoms with Gasteiger partial charge in [0.15, 0.2) is 4.67 Å². The fourth-order valence-electron chi connectivity index (χ4n) is 2.23. The van der Waals surface area contributed by atoms with Gasteiger partial charge in [-0.15, -0.1) is 11.6 Å². The smallest absolute Gasteiger partial charge is 0.224 e. The van der Waals surface area contributed by atoms with Gasteiger partial charge in [-0.3, -0.25) is 4.79 Å². The zero-order valence-electron chi connectivity index (χ0n) is 10.3. The molecule has 20 heavy (non-hydrogen) atoms. The summed E-state index contributed by atoms with van der Waals surface area (Å²) >= 11 is 9.47. The van der Waals surface area contributed by atoms with Crippen LogP contribution >= 0.6 is 27.5 Å². The highest BCUT2D eigenvalue weighted by Crippen LogP contribution is 2.36. The lowest BCUT2D eigenvalue weighted by Gasteiger charge is -2.19. The average Bonchev–Trinajstić information content (AvgIpc) is 2.84. The summed E-state index contributed by atoms with van der Waals surface area (Å²) in [6, 6.07) is 6.41. The van der Waals surface area contributed by atoms with Gasteiger partial charge in [0.25, 0.3) is 0 Å². The Hall–Kier alpha value is -1.33. The first kappa shape index (κ1) is 13.6. The van der Waals surface area contributed by atoms with E-state index in [-0.39, 0.29) is 5.91 Å². The minimum atomic E-state index is -0.704. The second-order valence-electron chi connectivity index (χ2n) is 4.58. The van der Waals surface area contributed by atoms with E-state index in [0.717, 1.165) is 5.56 Å². The lowest BCUT2D eigenvalue weighted by molar-refractivity contribution is -0.116. The van der Waals surface area contributed by atoms with E-state index in [1.165, 1.54) is 6.07 Å². The minimum Gasteiger partial charge on any atom is -0.452 e. The Morgan fingerprint density at radius 2 is 2.15 bits per heavy atom. The van der Waals surface area contributed by atoms with Gasteiger partial charge in [-0.1, -0.05) is 0 Å². The van der Waals surface area contributed by atoms with Crippen LogP contribution in [-0.2, 0) is 11.2 Å². The molecule has 1 aromatic heterocycles. The molecular weight excluding hydrogens is 349 g/mol. The first-order valence-corrected chi connectivity index (χ1v) is 7.29. The van der Waals surface area contributed by atoms with Gasteiger partial charge in [0.2, 0.25) is 5.91 Å². The monoisotopic (exact) mass is 357 g/mol. The number of alkyl halides is 1. The van der Waals surface area contributed by atoms with Gasteiger partial charge >= 0.3 is 0 Å². The summed E-state index contributed by atoms with van der Waals surface area (Å²) in [4.78, 5) is 11.3. The maximum absolute atomic E-state index is 14.2. The predicted molar refractivity (Wildman–Crippen MR) is 77.5 cm³/mol. The number of fused-ring (bicyclic) bond motifs is 1. The van der Waals surface area contributed by atoms with Gasteiger partial charge in [-0.2, -0.15) is 0 Å². The van der Waals surface area contributed by atoms with Crippen LogP contribution in [-0.4, -0.2) is 5.91 Å². The largest absolute Gasteiger partial charge is 0.452 e. The number of aryl methyl sites for hydroxylation is 1. The van der Waals surface area contributed by atoms with Gasteiger partial charge in [0.05, 0.1) is 0 Å². The van der Waals surface area contributed by atoms with Crippen molar-refractivity contribution in [1.82, 2.24) is 0 Å². The molecule has 1 amide bonds. The van der Waals surface area contributed by atoms with Gasteiger partial charge in [-0.25, -0.2) is 4.39 Å². The molecule has 0 saturated heterocycles. The third-order valence-corrected chi connectivity index (χ3v) is 4.11. The lowest BCUT2D eigenvalue weighted by Crippen LogP contribution is -2.19. The molecule has 1 aromatic carbocycles. The van der Waals surface area contributed by atoms with Gasteiger partial charge < -0.3 is 9.73 Å². The Bertz CT molecular complexity index is 686. The molecule has 2 heterocycles. The number of hydrogen-bond donors (Lipinski definition) is 1. The number of carbonyl (C=O) groups is 1. The SMILES string of the molecule is O=C1CCc2cc(C(Cl)c3ccc(Br)o3)c(F)cc2N1. The molecule has 1 aliphatic heterocycles. The van der Waals surface area contributed by atoms with Crippen molar-refractivity contribution in [1.29, 1.82) is 0 Å². The van der Waals surface area contributed by atoms with Crippen molar-refractivity contribution in [3.63, 3.8) is 0 Å². The zero-order valence-corrected chi connectivity index (χ0v) is 12.6. The van der Waals surface area contributed by atoms with Crippen LogP contribution in [0.1, 0.15) is 28.7 Å². The quantitative estimate of drug-likeness (QED) is 0.809. The van der Waals surface area contributed by atoms with Gasteiger partial charge in [0.1, 0.15) is 17.0 Å². The van der Waals surface area contributed by atoms with Crippen LogP contribution in [0.4, 0.5) is 10.1 Å². The van der Waals surface area contributed by atoms with Crippen molar-refractivity contribution in [2.75, 3.05) is 5.32 Å². The molecule has 0 spiro atoms. The van der Waals surface area contributed by atoms with Gasteiger partial charge in [-0.05, 0) is 52.2 Å². The molecule has 2 aromatic rings. The maximum atomic E-state index is 14.2. The topological polar surface area (TPSA) is 42.2 Å². The zero-order chi connectivity index (χ0) is 14.3. The van der Waals surface area contributed by atoms with E-state index < -0.39 is 11.2 Å². The molecule has 1 unspecified atom stereocenters. The number of amides is 1. The van der Waals surface area contributed by atoms with Crippen LogP contribution in [0.15, 0.2) is 33.4 Å². The van der Waals surface area contributed by atoms with E-state index in [9.17, 15) is 9.18 Å². The second-order valence-corrected chi connectivity index (χ2v) is 5.80.